The van der Waals surface area contributed by atoms with E-state index in [1.54, 1.807) is 34.4 Å². The van der Waals surface area contributed by atoms with Crippen LogP contribution >= 0.6 is 22.7 Å². The van der Waals surface area contributed by atoms with Gasteiger partial charge in [-0.1, -0.05) is 24.3 Å². The van der Waals surface area contributed by atoms with Gasteiger partial charge in [0.15, 0.2) is 0 Å². The van der Waals surface area contributed by atoms with E-state index in [1.165, 1.54) is 23.5 Å². The normalized spacial score (nSPS) is 11.4. The van der Waals surface area contributed by atoms with Crippen molar-refractivity contribution in [3.05, 3.63) is 81.4 Å². The van der Waals surface area contributed by atoms with E-state index in [0.29, 0.717) is 16.8 Å². The van der Waals surface area contributed by atoms with Crippen LogP contribution < -0.4 is 5.56 Å². The van der Waals surface area contributed by atoms with Crippen LogP contribution in [0, 0.1) is 5.82 Å². The van der Waals surface area contributed by atoms with E-state index in [9.17, 15) is 9.18 Å². The minimum Gasteiger partial charge on any atom is -0.292 e. The van der Waals surface area contributed by atoms with Gasteiger partial charge in [-0.15, -0.1) is 22.7 Å². The fourth-order valence-electron chi connectivity index (χ4n) is 3.06. The molecule has 0 aliphatic carbocycles. The van der Waals surface area contributed by atoms with Crippen LogP contribution in [-0.4, -0.2) is 14.5 Å². The lowest BCUT2D eigenvalue weighted by atomic mass is 10.1. The number of nitrogens with zero attached hydrogens (tertiary/aromatic N) is 3. The minimum atomic E-state index is -0.301. The van der Waals surface area contributed by atoms with Gasteiger partial charge in [-0.2, -0.15) is 0 Å². The van der Waals surface area contributed by atoms with Gasteiger partial charge < -0.3 is 0 Å². The van der Waals surface area contributed by atoms with Crippen molar-refractivity contribution in [3.8, 4) is 11.1 Å². The van der Waals surface area contributed by atoms with Crippen LogP contribution in [-0.2, 0) is 6.54 Å². The Labute approximate surface area is 161 Å². The van der Waals surface area contributed by atoms with Crippen molar-refractivity contribution in [2.24, 2.45) is 0 Å². The topological polar surface area (TPSA) is 47.8 Å². The number of hydrogen-bond acceptors (Lipinski definition) is 5. The van der Waals surface area contributed by atoms with Gasteiger partial charge in [-0.3, -0.25) is 9.36 Å². The quantitative estimate of drug-likeness (QED) is 0.437. The van der Waals surface area contributed by atoms with Crippen LogP contribution in [0.4, 0.5) is 4.39 Å². The zero-order chi connectivity index (χ0) is 18.4. The smallest absolute Gasteiger partial charge is 0.263 e. The molecule has 0 N–H and O–H groups in total. The molecule has 0 fully saturated rings. The summed E-state index contributed by atoms with van der Waals surface area (Å²) >= 11 is 2.99. The number of thiophene rings is 1. The molecule has 0 saturated heterocycles. The lowest BCUT2D eigenvalue weighted by Gasteiger charge is -2.04. The van der Waals surface area contributed by atoms with Crippen molar-refractivity contribution in [1.29, 1.82) is 0 Å². The molecule has 0 atom stereocenters. The molecule has 0 saturated carbocycles. The van der Waals surface area contributed by atoms with Gasteiger partial charge >= 0.3 is 0 Å². The second-order valence-electron chi connectivity index (χ2n) is 6.09. The summed E-state index contributed by atoms with van der Waals surface area (Å²) in [4.78, 5) is 22.8. The third-order valence-corrected chi connectivity index (χ3v) is 6.27. The summed E-state index contributed by atoms with van der Waals surface area (Å²) in [6.07, 6.45) is 1.57. The standard InChI is InChI=1S/C20H12FN3OS2/c21-13-7-5-12(6-8-13)14-10-26-19-18(14)20(25)24(11-22-19)9-17-23-15-3-1-2-4-16(15)27-17/h1-8,10-11H,9H2. The second kappa shape index (κ2) is 6.37. The Morgan fingerprint density at radius 3 is 2.70 bits per heavy atom. The molecule has 4 nitrogen and oxygen atoms in total. The highest BCUT2D eigenvalue weighted by Crippen LogP contribution is 2.31. The SMILES string of the molecule is O=c1c2c(-c3ccc(F)cc3)csc2ncn1Cc1nc2ccccc2s1. The lowest BCUT2D eigenvalue weighted by molar-refractivity contribution is 0.628. The first-order valence-corrected chi connectivity index (χ1v) is 9.96. The first-order valence-electron chi connectivity index (χ1n) is 8.26. The molecule has 7 heteroatoms. The number of aromatic nitrogens is 3. The van der Waals surface area contributed by atoms with Crippen molar-refractivity contribution in [2.45, 2.75) is 6.54 Å². The maximum absolute atomic E-state index is 13.2. The van der Waals surface area contributed by atoms with E-state index in [0.717, 1.165) is 26.4 Å². The summed E-state index contributed by atoms with van der Waals surface area (Å²) in [5.74, 6) is -0.301. The Bertz CT molecular complexity index is 1300. The van der Waals surface area contributed by atoms with Gasteiger partial charge in [0.2, 0.25) is 0 Å². The highest BCUT2D eigenvalue weighted by atomic mass is 32.1. The number of rotatable bonds is 3. The van der Waals surface area contributed by atoms with Crippen molar-refractivity contribution in [1.82, 2.24) is 14.5 Å². The monoisotopic (exact) mass is 393 g/mol. The molecule has 5 rings (SSSR count). The molecule has 0 unspecified atom stereocenters. The van der Waals surface area contributed by atoms with Gasteiger partial charge in [-0.25, -0.2) is 14.4 Å². The Morgan fingerprint density at radius 2 is 1.89 bits per heavy atom. The van der Waals surface area contributed by atoms with Crippen LogP contribution in [0.1, 0.15) is 5.01 Å². The van der Waals surface area contributed by atoms with Gasteiger partial charge in [0.25, 0.3) is 5.56 Å². The number of hydrogen-bond donors (Lipinski definition) is 0. The molecule has 0 radical (unpaired) electrons. The Hall–Kier alpha value is -2.90. The molecule has 3 heterocycles. The average Bonchev–Trinajstić information content (AvgIpc) is 3.28. The van der Waals surface area contributed by atoms with Gasteiger partial charge in [0, 0.05) is 10.9 Å². The average molecular weight is 393 g/mol. The largest absolute Gasteiger partial charge is 0.292 e. The van der Waals surface area contributed by atoms with Crippen LogP contribution in [0.3, 0.4) is 0 Å². The molecule has 0 amide bonds. The minimum absolute atomic E-state index is 0.111. The predicted octanol–water partition coefficient (Wildman–Crippen LogP) is 4.92. The number of halogens is 1. The maximum atomic E-state index is 13.2. The zero-order valence-corrected chi connectivity index (χ0v) is 15.6. The molecule has 0 aliphatic rings. The highest BCUT2D eigenvalue weighted by Gasteiger charge is 2.14. The fraction of sp³-hybridized carbons (Fsp3) is 0.0500. The summed E-state index contributed by atoms with van der Waals surface area (Å²) in [6.45, 7) is 0.375. The van der Waals surface area contributed by atoms with E-state index in [-0.39, 0.29) is 11.4 Å². The summed E-state index contributed by atoms with van der Waals surface area (Å²) in [6, 6.07) is 14.1. The molecular formula is C20H12FN3OS2. The maximum Gasteiger partial charge on any atom is 0.263 e. The number of para-hydroxylation sites is 1. The van der Waals surface area contributed by atoms with E-state index >= 15 is 0 Å². The Balaban J connectivity index is 1.61. The number of fused-ring (bicyclic) bond motifs is 2. The molecular weight excluding hydrogens is 381 g/mol. The van der Waals surface area contributed by atoms with Crippen LogP contribution in [0.5, 0.6) is 0 Å². The van der Waals surface area contributed by atoms with E-state index < -0.39 is 0 Å². The lowest BCUT2D eigenvalue weighted by Crippen LogP contribution is -2.20. The fourth-order valence-corrected chi connectivity index (χ4v) is 4.93. The molecule has 0 spiro atoms. The van der Waals surface area contributed by atoms with Crippen molar-refractivity contribution in [3.63, 3.8) is 0 Å². The Kier molecular flexibility index (Phi) is 3.84. The van der Waals surface area contributed by atoms with Gasteiger partial charge in [0.05, 0.1) is 28.5 Å². The first kappa shape index (κ1) is 16.3. The Morgan fingerprint density at radius 1 is 1.07 bits per heavy atom. The molecule has 5 aromatic rings. The molecule has 3 aromatic heterocycles. The van der Waals surface area contributed by atoms with Gasteiger partial charge in [-0.05, 0) is 29.8 Å². The van der Waals surface area contributed by atoms with Crippen LogP contribution in [0.25, 0.3) is 31.6 Å². The third-order valence-electron chi connectivity index (χ3n) is 4.36. The molecule has 27 heavy (non-hydrogen) atoms. The van der Waals surface area contributed by atoms with Crippen LogP contribution in [0.2, 0.25) is 0 Å². The molecule has 0 aliphatic heterocycles. The summed E-state index contributed by atoms with van der Waals surface area (Å²) in [5.41, 5.74) is 2.41. The van der Waals surface area contributed by atoms with Crippen LogP contribution in [0.15, 0.2) is 65.0 Å². The third kappa shape index (κ3) is 2.85. The number of thiazole rings is 1. The second-order valence-corrected chi connectivity index (χ2v) is 8.06. The summed E-state index contributed by atoms with van der Waals surface area (Å²) < 4.78 is 15.9. The van der Waals surface area contributed by atoms with E-state index in [4.69, 9.17) is 0 Å². The van der Waals surface area contributed by atoms with Gasteiger partial charge in [0.1, 0.15) is 15.7 Å². The van der Waals surface area contributed by atoms with Crippen molar-refractivity contribution >= 4 is 43.1 Å². The molecule has 0 bridgehead atoms. The molecule has 132 valence electrons. The first-order chi connectivity index (χ1) is 13.2. The zero-order valence-electron chi connectivity index (χ0n) is 13.9. The van der Waals surface area contributed by atoms with E-state index in [2.05, 4.69) is 9.97 Å². The van der Waals surface area contributed by atoms with E-state index in [1.807, 2.05) is 29.6 Å². The van der Waals surface area contributed by atoms with Crippen molar-refractivity contribution in [2.75, 3.05) is 0 Å². The summed E-state index contributed by atoms with van der Waals surface area (Å²) in [7, 11) is 0. The number of benzene rings is 2. The van der Waals surface area contributed by atoms with Crippen molar-refractivity contribution < 1.29 is 4.39 Å². The highest BCUT2D eigenvalue weighted by molar-refractivity contribution is 7.18. The predicted molar refractivity (Wildman–Crippen MR) is 108 cm³/mol. The summed E-state index contributed by atoms with van der Waals surface area (Å²) in [5, 5.41) is 3.32. The molecule has 2 aromatic carbocycles.